The number of nitrogens with two attached hydrogens (primary N) is 2. The molecule has 0 unspecified atom stereocenters. The largest absolute Gasteiger partial charge is 0.391 e. The number of hydrogen-bond acceptors (Lipinski definition) is 5. The number of terminal acetylenes is 1. The molecule has 0 aliphatic carbocycles. The summed E-state index contributed by atoms with van der Waals surface area (Å²) < 4.78 is 1.93. The predicted molar refractivity (Wildman–Crippen MR) is 62.7 cm³/mol. The Labute approximate surface area is 91.8 Å². The van der Waals surface area contributed by atoms with Crippen LogP contribution in [-0.2, 0) is 6.54 Å². The zero-order valence-corrected chi connectivity index (χ0v) is 9.10. The van der Waals surface area contributed by atoms with Crippen LogP contribution in [0.25, 0.3) is 0 Å². The predicted octanol–water partition coefficient (Wildman–Crippen LogP) is -1.99. The molecule has 1 aromatic rings. The van der Waals surface area contributed by atoms with Gasteiger partial charge in [-0.3, -0.25) is 4.79 Å². The highest BCUT2D eigenvalue weighted by Gasteiger charge is 2.15. The quantitative estimate of drug-likeness (QED) is 0.565. The number of aromatic nitrogens is 2. The van der Waals surface area contributed by atoms with Gasteiger partial charge >= 0.3 is 5.69 Å². The fourth-order valence-electron chi connectivity index (χ4n) is 1.29. The van der Waals surface area contributed by atoms with Crippen LogP contribution < -0.4 is 27.7 Å². The van der Waals surface area contributed by atoms with Crippen molar-refractivity contribution in [1.82, 2.24) is 9.24 Å². The number of anilines is 2. The molecule has 1 aromatic heterocycles. The second-order valence-corrected chi connectivity index (χ2v) is 3.34. The van der Waals surface area contributed by atoms with Gasteiger partial charge in [0.2, 0.25) is 0 Å². The lowest BCUT2D eigenvalue weighted by molar-refractivity contribution is 0.611. The van der Waals surface area contributed by atoms with Gasteiger partial charge in [0.25, 0.3) is 5.56 Å². The molecule has 0 atom stereocenters. The molecule has 0 amide bonds. The lowest BCUT2D eigenvalue weighted by Gasteiger charge is -2.20. The molecule has 0 saturated heterocycles. The van der Waals surface area contributed by atoms with Gasteiger partial charge in [0.1, 0.15) is 5.69 Å². The van der Waals surface area contributed by atoms with Gasteiger partial charge in [-0.05, 0) is 0 Å². The molecule has 0 aliphatic rings. The standard InChI is InChI=1S/C9H13N5O2/c1-4-5-13-8(15)6(10)7(11)14(9(13)16)12(2)3/h1H,5,10-11H2,2-3H3. The highest BCUT2D eigenvalue weighted by Crippen LogP contribution is 2.04. The minimum atomic E-state index is -0.668. The Bertz CT molecular complexity index is 561. The smallest absolute Gasteiger partial charge is 0.352 e. The topological polar surface area (TPSA) is 99.3 Å². The number of hydrogen-bond donors (Lipinski definition) is 2. The molecule has 0 aliphatic heterocycles. The van der Waals surface area contributed by atoms with Crippen LogP contribution in [0.3, 0.4) is 0 Å². The molecular weight excluding hydrogens is 210 g/mol. The Morgan fingerprint density at radius 3 is 2.38 bits per heavy atom. The number of rotatable bonds is 2. The first-order valence-corrected chi connectivity index (χ1v) is 4.43. The van der Waals surface area contributed by atoms with Crippen molar-refractivity contribution in [3.8, 4) is 12.3 Å². The lowest BCUT2D eigenvalue weighted by atomic mass is 10.4. The van der Waals surface area contributed by atoms with Crippen molar-refractivity contribution in [2.24, 2.45) is 0 Å². The molecule has 7 nitrogen and oxygen atoms in total. The van der Waals surface area contributed by atoms with Gasteiger partial charge in [-0.15, -0.1) is 6.42 Å². The maximum Gasteiger partial charge on any atom is 0.352 e. The van der Waals surface area contributed by atoms with E-state index >= 15 is 0 Å². The van der Waals surface area contributed by atoms with E-state index in [1.165, 1.54) is 5.01 Å². The van der Waals surface area contributed by atoms with Gasteiger partial charge in [-0.25, -0.2) is 9.36 Å². The first-order valence-electron chi connectivity index (χ1n) is 4.43. The van der Waals surface area contributed by atoms with Crippen LogP contribution in [0.15, 0.2) is 9.59 Å². The first-order chi connectivity index (χ1) is 7.41. The van der Waals surface area contributed by atoms with Crippen LogP contribution in [0.4, 0.5) is 11.5 Å². The van der Waals surface area contributed by atoms with Crippen LogP contribution in [0.1, 0.15) is 0 Å². The highest BCUT2D eigenvalue weighted by molar-refractivity contribution is 5.57. The maximum atomic E-state index is 11.8. The fraction of sp³-hybridized carbons (Fsp3) is 0.333. The Kier molecular flexibility index (Phi) is 2.94. The Balaban J connectivity index is 3.75. The molecule has 4 N–H and O–H groups in total. The normalized spacial score (nSPS) is 9.81. The Morgan fingerprint density at radius 2 is 1.94 bits per heavy atom. The fourth-order valence-corrected chi connectivity index (χ4v) is 1.29. The maximum absolute atomic E-state index is 11.8. The highest BCUT2D eigenvalue weighted by atomic mass is 16.2. The zero-order valence-electron chi connectivity index (χ0n) is 9.10. The SMILES string of the molecule is C#CCn1c(=O)c(N)c(N)n(N(C)C)c1=O. The van der Waals surface area contributed by atoms with Crippen molar-refractivity contribution in [2.75, 3.05) is 30.6 Å². The average Bonchev–Trinajstić information content (AvgIpc) is 2.21. The number of nitrogen functional groups attached to an aromatic ring is 2. The van der Waals surface area contributed by atoms with Crippen molar-refractivity contribution in [1.29, 1.82) is 0 Å². The van der Waals surface area contributed by atoms with Gasteiger partial charge in [0.05, 0.1) is 6.54 Å². The lowest BCUT2D eigenvalue weighted by Crippen LogP contribution is -2.48. The third-order valence-corrected chi connectivity index (χ3v) is 2.04. The van der Waals surface area contributed by atoms with E-state index in [9.17, 15) is 9.59 Å². The van der Waals surface area contributed by atoms with Crippen molar-refractivity contribution in [2.45, 2.75) is 6.54 Å². The zero-order chi connectivity index (χ0) is 12.5. The summed E-state index contributed by atoms with van der Waals surface area (Å²) in [5.74, 6) is 2.12. The van der Waals surface area contributed by atoms with Crippen LogP contribution in [0, 0.1) is 12.3 Å². The Hall–Kier alpha value is -2.36. The summed E-state index contributed by atoms with van der Waals surface area (Å²) in [5.41, 5.74) is 9.62. The summed E-state index contributed by atoms with van der Waals surface area (Å²) in [6, 6.07) is 0. The second kappa shape index (κ2) is 4.02. The number of nitrogens with zero attached hydrogens (tertiary/aromatic N) is 3. The summed E-state index contributed by atoms with van der Waals surface area (Å²) in [7, 11) is 3.20. The minimum Gasteiger partial charge on any atom is -0.391 e. The molecule has 0 radical (unpaired) electrons. The molecule has 16 heavy (non-hydrogen) atoms. The van der Waals surface area contributed by atoms with E-state index < -0.39 is 11.2 Å². The summed E-state index contributed by atoms with van der Waals surface area (Å²) in [4.78, 5) is 23.5. The molecule has 0 spiro atoms. The summed E-state index contributed by atoms with van der Waals surface area (Å²) in [6.45, 7) is -0.143. The van der Waals surface area contributed by atoms with Crippen LogP contribution in [0.2, 0.25) is 0 Å². The molecule has 0 bridgehead atoms. The van der Waals surface area contributed by atoms with E-state index in [2.05, 4.69) is 5.92 Å². The molecule has 0 saturated carbocycles. The average molecular weight is 223 g/mol. The third-order valence-electron chi connectivity index (χ3n) is 2.04. The molecule has 1 rings (SSSR count). The third kappa shape index (κ3) is 1.61. The second-order valence-electron chi connectivity index (χ2n) is 3.34. The van der Waals surface area contributed by atoms with Crippen LogP contribution in [0.5, 0.6) is 0 Å². The molecule has 7 heteroatoms. The van der Waals surface area contributed by atoms with Gasteiger partial charge < -0.3 is 16.5 Å². The molecule has 86 valence electrons. The monoisotopic (exact) mass is 223 g/mol. The van der Waals surface area contributed by atoms with E-state index in [-0.39, 0.29) is 18.1 Å². The van der Waals surface area contributed by atoms with Gasteiger partial charge in [0.15, 0.2) is 5.82 Å². The van der Waals surface area contributed by atoms with Crippen LogP contribution >= 0.6 is 0 Å². The molecule has 0 fully saturated rings. The summed E-state index contributed by atoms with van der Waals surface area (Å²) in [5, 5.41) is 1.42. The molecule has 0 aromatic carbocycles. The van der Waals surface area contributed by atoms with Crippen molar-refractivity contribution >= 4 is 11.5 Å². The first kappa shape index (κ1) is 11.7. The van der Waals surface area contributed by atoms with E-state index in [1.54, 1.807) is 14.1 Å². The summed E-state index contributed by atoms with van der Waals surface area (Å²) in [6.07, 6.45) is 5.07. The van der Waals surface area contributed by atoms with Crippen LogP contribution in [-0.4, -0.2) is 23.3 Å². The molecular formula is C9H13N5O2. The van der Waals surface area contributed by atoms with E-state index in [4.69, 9.17) is 17.9 Å². The summed E-state index contributed by atoms with van der Waals surface area (Å²) >= 11 is 0. The van der Waals surface area contributed by atoms with Gasteiger partial charge in [0, 0.05) is 14.1 Å². The van der Waals surface area contributed by atoms with Crippen molar-refractivity contribution in [3.05, 3.63) is 20.8 Å². The minimum absolute atomic E-state index is 0.0896. The molecule has 1 heterocycles. The van der Waals surface area contributed by atoms with E-state index in [0.717, 1.165) is 9.24 Å². The van der Waals surface area contributed by atoms with E-state index in [0.29, 0.717) is 0 Å². The van der Waals surface area contributed by atoms with E-state index in [1.807, 2.05) is 0 Å². The van der Waals surface area contributed by atoms with Crippen molar-refractivity contribution in [3.63, 3.8) is 0 Å². The van der Waals surface area contributed by atoms with Crippen molar-refractivity contribution < 1.29 is 0 Å². The van der Waals surface area contributed by atoms with Gasteiger partial charge in [-0.2, -0.15) is 4.68 Å². The Morgan fingerprint density at radius 1 is 1.38 bits per heavy atom. The van der Waals surface area contributed by atoms with Gasteiger partial charge in [-0.1, -0.05) is 5.92 Å².